The molecule has 0 saturated carbocycles. The molecule has 0 saturated heterocycles. The zero-order chi connectivity index (χ0) is 15.6. The number of likely N-dealkylation sites (N-methyl/N-ethyl adjacent to an activating group) is 1. The normalized spacial score (nSPS) is 13.7. The first-order valence-corrected chi connectivity index (χ1v) is 7.93. The van der Waals surface area contributed by atoms with Gasteiger partial charge in [-0.15, -0.1) is 0 Å². The molecule has 0 spiro atoms. The first-order valence-electron chi connectivity index (χ1n) is 6.49. The molecule has 0 amide bonds. The van der Waals surface area contributed by atoms with Crippen LogP contribution in [-0.2, 0) is 14.8 Å². The second-order valence-corrected chi connectivity index (χ2v) is 6.84. The summed E-state index contributed by atoms with van der Waals surface area (Å²) in [6, 6.07) is 6.29. The van der Waals surface area contributed by atoms with Crippen LogP contribution in [0.3, 0.4) is 0 Å². The minimum atomic E-state index is -3.67. The molecule has 7 heteroatoms. The van der Waals surface area contributed by atoms with Crippen molar-refractivity contribution in [2.75, 3.05) is 26.5 Å². The second kappa shape index (κ2) is 5.97. The largest absolute Gasteiger partial charge is 0.398 e. The highest BCUT2D eigenvalue weighted by molar-refractivity contribution is 7.89. The Hall–Kier alpha value is -1.70. The van der Waals surface area contributed by atoms with Gasteiger partial charge in [-0.25, -0.2) is 8.42 Å². The number of hydrogen-bond acceptors (Lipinski definition) is 5. The van der Waals surface area contributed by atoms with Gasteiger partial charge in [-0.1, -0.05) is 0 Å². The topological polar surface area (TPSA) is 85.5 Å². The fraction of sp³-hybridized carbons (Fsp3) is 0.357. The van der Waals surface area contributed by atoms with Crippen molar-refractivity contribution in [3.63, 3.8) is 0 Å². The van der Waals surface area contributed by atoms with Crippen molar-refractivity contribution in [3.8, 4) is 0 Å². The van der Waals surface area contributed by atoms with Crippen molar-refractivity contribution < 1.29 is 13.2 Å². The number of nitrogens with zero attached hydrogens (tertiary/aromatic N) is 2. The van der Waals surface area contributed by atoms with Crippen LogP contribution in [-0.4, -0.2) is 44.5 Å². The number of anilines is 1. The maximum atomic E-state index is 12.8. The van der Waals surface area contributed by atoms with Crippen molar-refractivity contribution in [3.05, 3.63) is 30.5 Å². The van der Waals surface area contributed by atoms with Gasteiger partial charge in [0.05, 0.1) is 12.1 Å². The Balaban J connectivity index is 2.58. The van der Waals surface area contributed by atoms with Gasteiger partial charge in [-0.3, -0.25) is 4.98 Å². The van der Waals surface area contributed by atoms with Crippen LogP contribution >= 0.6 is 0 Å². The molecule has 1 unspecified atom stereocenters. The quantitative estimate of drug-likeness (QED) is 0.845. The summed E-state index contributed by atoms with van der Waals surface area (Å²) < 4.78 is 31.8. The minimum Gasteiger partial charge on any atom is -0.398 e. The monoisotopic (exact) mass is 309 g/mol. The number of rotatable bonds is 5. The maximum Gasteiger partial charge on any atom is 0.245 e. The summed E-state index contributed by atoms with van der Waals surface area (Å²) in [5, 5.41) is 0.631. The van der Waals surface area contributed by atoms with Crippen LogP contribution < -0.4 is 5.73 Å². The molecule has 21 heavy (non-hydrogen) atoms. The summed E-state index contributed by atoms with van der Waals surface area (Å²) in [6.45, 7) is 2.10. The van der Waals surface area contributed by atoms with E-state index in [0.29, 0.717) is 23.2 Å². The van der Waals surface area contributed by atoms with Crippen LogP contribution in [0, 0.1) is 0 Å². The minimum absolute atomic E-state index is 0.151. The molecule has 1 heterocycles. The smallest absolute Gasteiger partial charge is 0.245 e. The Morgan fingerprint density at radius 3 is 2.76 bits per heavy atom. The maximum absolute atomic E-state index is 12.8. The van der Waals surface area contributed by atoms with Crippen LogP contribution in [0.4, 0.5) is 5.69 Å². The lowest BCUT2D eigenvalue weighted by Crippen LogP contribution is -2.37. The van der Waals surface area contributed by atoms with Crippen LogP contribution in [0.15, 0.2) is 35.4 Å². The third kappa shape index (κ3) is 2.85. The Morgan fingerprint density at radius 1 is 1.38 bits per heavy atom. The van der Waals surface area contributed by atoms with Gasteiger partial charge in [0.1, 0.15) is 4.90 Å². The van der Waals surface area contributed by atoms with Gasteiger partial charge in [-0.2, -0.15) is 4.31 Å². The van der Waals surface area contributed by atoms with Gasteiger partial charge in [0.25, 0.3) is 0 Å². The molecule has 0 bridgehead atoms. The fourth-order valence-electron chi connectivity index (χ4n) is 2.12. The van der Waals surface area contributed by atoms with Crippen LogP contribution in [0.25, 0.3) is 10.9 Å². The average molecular weight is 309 g/mol. The molecule has 1 aromatic carbocycles. The van der Waals surface area contributed by atoms with Gasteiger partial charge >= 0.3 is 0 Å². The van der Waals surface area contributed by atoms with E-state index >= 15 is 0 Å². The summed E-state index contributed by atoms with van der Waals surface area (Å²) in [7, 11) is -0.598. The molecule has 0 radical (unpaired) electrons. The number of nitrogen functional groups attached to an aromatic ring is 1. The van der Waals surface area contributed by atoms with E-state index in [1.807, 2.05) is 0 Å². The number of methoxy groups -OCH3 is 1. The molecule has 1 atom stereocenters. The number of hydrogen-bond donors (Lipinski definition) is 1. The fourth-order valence-corrected chi connectivity index (χ4v) is 3.61. The standard InChI is InChI=1S/C14H19N3O3S/c1-10(9-20-3)17(2)21(18,19)13-7-6-12(15)11-5-4-8-16-14(11)13/h4-8,10H,9,15H2,1-3H3. The second-order valence-electron chi connectivity index (χ2n) is 4.88. The first-order chi connectivity index (χ1) is 9.89. The summed E-state index contributed by atoms with van der Waals surface area (Å²) in [4.78, 5) is 4.33. The van der Waals surface area contributed by atoms with Gasteiger partial charge in [0.15, 0.2) is 0 Å². The van der Waals surface area contributed by atoms with E-state index in [1.54, 1.807) is 31.3 Å². The molecule has 2 N–H and O–H groups in total. The molecule has 2 rings (SSSR count). The molecule has 2 aromatic rings. The van der Waals surface area contributed by atoms with Crippen LogP contribution in [0.5, 0.6) is 0 Å². The summed E-state index contributed by atoms with van der Waals surface area (Å²) in [5.74, 6) is 0. The van der Waals surface area contributed by atoms with Crippen LogP contribution in [0.2, 0.25) is 0 Å². The summed E-state index contributed by atoms with van der Waals surface area (Å²) >= 11 is 0. The number of ether oxygens (including phenoxy) is 1. The Morgan fingerprint density at radius 2 is 2.10 bits per heavy atom. The lowest BCUT2D eigenvalue weighted by Gasteiger charge is -2.24. The number of aromatic nitrogens is 1. The average Bonchev–Trinajstić information content (AvgIpc) is 2.47. The number of sulfonamides is 1. The Bertz CT molecular complexity index is 746. The van der Waals surface area contributed by atoms with Gasteiger partial charge < -0.3 is 10.5 Å². The highest BCUT2D eigenvalue weighted by Gasteiger charge is 2.27. The van der Waals surface area contributed by atoms with Crippen molar-refractivity contribution in [1.82, 2.24) is 9.29 Å². The highest BCUT2D eigenvalue weighted by atomic mass is 32.2. The molecule has 6 nitrogen and oxygen atoms in total. The van der Waals surface area contributed by atoms with E-state index in [4.69, 9.17) is 10.5 Å². The Kier molecular flexibility index (Phi) is 4.46. The SMILES string of the molecule is COCC(C)N(C)S(=O)(=O)c1ccc(N)c2cccnc12. The highest BCUT2D eigenvalue weighted by Crippen LogP contribution is 2.28. The molecule has 1 aromatic heterocycles. The van der Waals surface area contributed by atoms with E-state index in [0.717, 1.165) is 0 Å². The van der Waals surface area contributed by atoms with Gasteiger partial charge in [0.2, 0.25) is 10.0 Å². The lowest BCUT2D eigenvalue weighted by molar-refractivity contribution is 0.149. The number of benzene rings is 1. The third-order valence-electron chi connectivity index (χ3n) is 3.45. The van der Waals surface area contributed by atoms with E-state index in [1.165, 1.54) is 24.5 Å². The van der Waals surface area contributed by atoms with E-state index in [-0.39, 0.29) is 10.9 Å². The van der Waals surface area contributed by atoms with Crippen LogP contribution in [0.1, 0.15) is 6.92 Å². The van der Waals surface area contributed by atoms with E-state index in [2.05, 4.69) is 4.98 Å². The first kappa shape index (κ1) is 15.7. The number of nitrogens with two attached hydrogens (primary N) is 1. The van der Waals surface area contributed by atoms with Crippen molar-refractivity contribution >= 4 is 26.6 Å². The third-order valence-corrected chi connectivity index (χ3v) is 5.46. The summed E-state index contributed by atoms with van der Waals surface area (Å²) in [6.07, 6.45) is 1.55. The van der Waals surface area contributed by atoms with Crippen molar-refractivity contribution in [2.24, 2.45) is 0 Å². The molecule has 0 fully saturated rings. The van der Waals surface area contributed by atoms with Crippen molar-refractivity contribution in [1.29, 1.82) is 0 Å². The number of fused-ring (bicyclic) bond motifs is 1. The molecular weight excluding hydrogens is 290 g/mol. The molecule has 0 aliphatic heterocycles. The predicted molar refractivity (Wildman–Crippen MR) is 82.4 cm³/mol. The van der Waals surface area contributed by atoms with Gasteiger partial charge in [-0.05, 0) is 31.2 Å². The zero-order valence-corrected chi connectivity index (χ0v) is 13.1. The van der Waals surface area contributed by atoms with Crippen molar-refractivity contribution in [2.45, 2.75) is 17.9 Å². The lowest BCUT2D eigenvalue weighted by atomic mass is 10.2. The molecule has 0 aliphatic carbocycles. The summed E-state index contributed by atoms with van der Waals surface area (Å²) in [5.41, 5.74) is 6.77. The molecular formula is C14H19N3O3S. The molecule has 114 valence electrons. The predicted octanol–water partition coefficient (Wildman–Crippen LogP) is 1.47. The zero-order valence-electron chi connectivity index (χ0n) is 12.3. The molecule has 0 aliphatic rings. The van der Waals surface area contributed by atoms with E-state index in [9.17, 15) is 8.42 Å². The Labute approximate surface area is 124 Å². The van der Waals surface area contributed by atoms with Gasteiger partial charge in [0, 0.05) is 37.5 Å². The van der Waals surface area contributed by atoms with E-state index < -0.39 is 10.0 Å². The number of pyridine rings is 1.